The van der Waals surface area contributed by atoms with E-state index in [1.807, 2.05) is 51.0 Å². The molecule has 2 aromatic rings. The summed E-state index contributed by atoms with van der Waals surface area (Å²) in [6.45, 7) is 6.34. The summed E-state index contributed by atoms with van der Waals surface area (Å²) in [4.78, 5) is 17.6. The summed E-state index contributed by atoms with van der Waals surface area (Å²) in [5, 5.41) is 23.0. The lowest BCUT2D eigenvalue weighted by Gasteiger charge is -2.39. The number of hydrogen-bond donors (Lipinski definition) is 2. The lowest BCUT2D eigenvalue weighted by atomic mass is 9.79. The number of nitrogens with zero attached hydrogens (tertiary/aromatic N) is 3. The van der Waals surface area contributed by atoms with Crippen LogP contribution < -0.4 is 5.32 Å². The van der Waals surface area contributed by atoms with Crippen molar-refractivity contribution in [1.82, 2.24) is 15.3 Å². The van der Waals surface area contributed by atoms with Gasteiger partial charge in [-0.25, -0.2) is 9.86 Å². The molecule has 0 radical (unpaired) electrons. The Morgan fingerprint density at radius 1 is 1.29 bits per heavy atom. The number of nitrogens with one attached hydrogen (secondary N) is 2. The molecule has 0 amide bonds. The molecule has 0 aliphatic carbocycles. The molecule has 31 heavy (non-hydrogen) atoms. The summed E-state index contributed by atoms with van der Waals surface area (Å²) < 4.78 is 0. The molecule has 2 aliphatic rings. The molecule has 0 bridgehead atoms. The third-order valence-electron chi connectivity index (χ3n) is 5.48. The van der Waals surface area contributed by atoms with Gasteiger partial charge >= 0.3 is 0 Å². The zero-order chi connectivity index (χ0) is 22.2. The van der Waals surface area contributed by atoms with Crippen molar-refractivity contribution in [2.75, 3.05) is 11.9 Å². The first-order chi connectivity index (χ1) is 14.8. The molecule has 7 nitrogen and oxygen atoms in total. The number of aromatic nitrogens is 2. The highest BCUT2D eigenvalue weighted by Crippen LogP contribution is 2.46. The molecule has 1 saturated heterocycles. The van der Waals surface area contributed by atoms with E-state index in [2.05, 4.69) is 21.6 Å². The maximum absolute atomic E-state index is 11.7. The van der Waals surface area contributed by atoms with Crippen LogP contribution in [0, 0.1) is 17.2 Å². The molecule has 1 aromatic carbocycles. The maximum Gasteiger partial charge on any atom is 0.156 e. The molecular formula is C23H24ClN5O2. The summed E-state index contributed by atoms with van der Waals surface area (Å²) >= 11 is 6.51. The number of aromatic amines is 1. The quantitative estimate of drug-likeness (QED) is 0.684. The number of hydrogen-bond acceptors (Lipinski definition) is 6. The highest BCUT2D eigenvalue weighted by Gasteiger charge is 2.38. The summed E-state index contributed by atoms with van der Waals surface area (Å²) in [6.07, 6.45) is 2.92. The molecule has 3 heterocycles. The Labute approximate surface area is 186 Å². The summed E-state index contributed by atoms with van der Waals surface area (Å²) in [7, 11) is 0. The van der Waals surface area contributed by atoms with E-state index in [4.69, 9.17) is 16.4 Å². The van der Waals surface area contributed by atoms with Crippen molar-refractivity contribution < 1.29 is 9.63 Å². The average molecular weight is 438 g/mol. The highest BCUT2D eigenvalue weighted by molar-refractivity contribution is 6.31. The molecule has 8 heteroatoms. The lowest BCUT2D eigenvalue weighted by Crippen LogP contribution is -2.40. The van der Waals surface area contributed by atoms with Gasteiger partial charge in [0.2, 0.25) is 0 Å². The Balaban J connectivity index is 1.73. The van der Waals surface area contributed by atoms with Gasteiger partial charge in [-0.3, -0.25) is 9.94 Å². The Kier molecular flexibility index (Phi) is 5.63. The zero-order valence-electron chi connectivity index (χ0n) is 17.7. The number of halogens is 1. The van der Waals surface area contributed by atoms with Gasteiger partial charge < -0.3 is 5.32 Å². The van der Waals surface area contributed by atoms with E-state index >= 15 is 0 Å². The van der Waals surface area contributed by atoms with Crippen LogP contribution in [0.3, 0.4) is 0 Å². The van der Waals surface area contributed by atoms with Crippen LogP contribution in [-0.4, -0.2) is 33.3 Å². The first kappa shape index (κ1) is 21.2. The number of rotatable bonds is 3. The van der Waals surface area contributed by atoms with Gasteiger partial charge in [0.05, 0.1) is 23.2 Å². The maximum atomic E-state index is 11.7. The molecule has 2 unspecified atom stereocenters. The molecular weight excluding hydrogens is 414 g/mol. The van der Waals surface area contributed by atoms with E-state index in [1.165, 1.54) is 0 Å². The van der Waals surface area contributed by atoms with E-state index < -0.39 is 5.60 Å². The lowest BCUT2D eigenvalue weighted by molar-refractivity contribution is -0.214. The van der Waals surface area contributed by atoms with Crippen LogP contribution in [-0.2, 0) is 9.63 Å². The normalized spacial score (nSPS) is 21.3. The summed E-state index contributed by atoms with van der Waals surface area (Å²) in [5.41, 5.74) is 3.10. The van der Waals surface area contributed by atoms with Crippen molar-refractivity contribution >= 4 is 23.4 Å². The fourth-order valence-electron chi connectivity index (χ4n) is 4.22. The third-order valence-corrected chi connectivity index (χ3v) is 5.83. The molecule has 4 rings (SSSR count). The third kappa shape index (κ3) is 4.11. The van der Waals surface area contributed by atoms with Crippen molar-refractivity contribution in [3.8, 4) is 6.07 Å². The molecule has 160 valence electrons. The molecule has 2 N–H and O–H groups in total. The molecule has 0 spiro atoms. The average Bonchev–Trinajstić information content (AvgIpc) is 3.20. The number of nitriles is 1. The van der Waals surface area contributed by atoms with Crippen LogP contribution in [0.25, 0.3) is 0 Å². The van der Waals surface area contributed by atoms with Crippen molar-refractivity contribution in [3.63, 3.8) is 0 Å². The number of benzene rings is 1. The van der Waals surface area contributed by atoms with E-state index in [0.717, 1.165) is 16.8 Å². The minimum atomic E-state index is -0.422. The van der Waals surface area contributed by atoms with Gasteiger partial charge in [0.25, 0.3) is 0 Å². The zero-order valence-corrected chi connectivity index (χ0v) is 18.5. The Morgan fingerprint density at radius 2 is 2.06 bits per heavy atom. The van der Waals surface area contributed by atoms with Crippen molar-refractivity contribution in [3.05, 3.63) is 63.6 Å². The second kappa shape index (κ2) is 8.24. The smallest absolute Gasteiger partial charge is 0.156 e. The number of H-pyrrole nitrogens is 1. The second-order valence-electron chi connectivity index (χ2n) is 8.75. The fraction of sp³-hybridized carbons (Fsp3) is 0.391. The number of anilines is 1. The van der Waals surface area contributed by atoms with Gasteiger partial charge in [-0.05, 0) is 38.8 Å². The number of piperidine rings is 1. The summed E-state index contributed by atoms with van der Waals surface area (Å²) in [5.74, 6) is 2.30. The Hall–Kier alpha value is -3.04. The van der Waals surface area contributed by atoms with Crippen molar-refractivity contribution in [1.29, 1.82) is 5.26 Å². The van der Waals surface area contributed by atoms with Crippen LogP contribution in [0.15, 0.2) is 47.4 Å². The standard InChI is InChI=1S/C23H24ClN5O2/c1-23(2,3)31-29-9-8-14(10-15(29)13-30)21-17(11-25)20(16-6-4-5-7-19(16)24)18-12-26-28-22(18)27-21/h4-7,12,14,20H,8-10H2,1-3H3,(H2,26,27,28). The van der Waals surface area contributed by atoms with Crippen LogP contribution in [0.1, 0.15) is 50.7 Å². The second-order valence-corrected chi connectivity index (χ2v) is 9.16. The SMILES string of the molecule is CC(C)(C)ON1CCC(C2=C(C#N)C(c3ccccc3Cl)c3c[nH]nc3N2)CC1=C=O. The minimum Gasteiger partial charge on any atom is -0.341 e. The van der Waals surface area contributed by atoms with Gasteiger partial charge in [0, 0.05) is 41.4 Å². The first-order valence-corrected chi connectivity index (χ1v) is 10.6. The van der Waals surface area contributed by atoms with E-state index in [1.54, 1.807) is 11.3 Å². The number of hydroxylamine groups is 2. The van der Waals surface area contributed by atoms with E-state index in [0.29, 0.717) is 41.5 Å². The first-order valence-electron chi connectivity index (χ1n) is 10.2. The minimum absolute atomic E-state index is 0.0687. The van der Waals surface area contributed by atoms with Crippen LogP contribution in [0.5, 0.6) is 0 Å². The highest BCUT2D eigenvalue weighted by atomic mass is 35.5. The van der Waals surface area contributed by atoms with Crippen molar-refractivity contribution in [2.45, 2.75) is 45.1 Å². The van der Waals surface area contributed by atoms with Crippen LogP contribution in [0.4, 0.5) is 5.82 Å². The fourth-order valence-corrected chi connectivity index (χ4v) is 4.46. The Bertz CT molecular complexity index is 1120. The Morgan fingerprint density at radius 3 is 2.74 bits per heavy atom. The van der Waals surface area contributed by atoms with Gasteiger partial charge in [0.15, 0.2) is 5.82 Å². The van der Waals surface area contributed by atoms with Crippen LogP contribution in [0.2, 0.25) is 5.02 Å². The number of carbonyl (C=O) groups excluding carboxylic acids is 1. The number of fused-ring (bicyclic) bond motifs is 1. The predicted molar refractivity (Wildman–Crippen MR) is 118 cm³/mol. The van der Waals surface area contributed by atoms with Crippen molar-refractivity contribution in [2.24, 2.45) is 5.92 Å². The molecule has 1 fully saturated rings. The number of allylic oxidation sites excluding steroid dienone is 3. The molecule has 0 saturated carbocycles. The monoisotopic (exact) mass is 437 g/mol. The van der Waals surface area contributed by atoms with E-state index in [9.17, 15) is 10.1 Å². The molecule has 2 aliphatic heterocycles. The van der Waals surface area contributed by atoms with Crippen LogP contribution >= 0.6 is 11.6 Å². The summed E-state index contributed by atoms with van der Waals surface area (Å²) in [6, 6.07) is 9.93. The van der Waals surface area contributed by atoms with Gasteiger partial charge in [-0.1, -0.05) is 29.8 Å². The van der Waals surface area contributed by atoms with Gasteiger partial charge in [-0.15, -0.1) is 0 Å². The van der Waals surface area contributed by atoms with Gasteiger partial charge in [0.1, 0.15) is 11.6 Å². The largest absolute Gasteiger partial charge is 0.341 e. The topological polar surface area (TPSA) is 94.0 Å². The molecule has 2 atom stereocenters. The predicted octanol–water partition coefficient (Wildman–Crippen LogP) is 4.56. The van der Waals surface area contributed by atoms with E-state index in [-0.39, 0.29) is 11.8 Å². The van der Waals surface area contributed by atoms with Gasteiger partial charge in [-0.2, -0.15) is 10.4 Å². The molecule has 1 aromatic heterocycles.